The molecule has 0 spiro atoms. The quantitative estimate of drug-likeness (QED) is 0.110. The minimum absolute atomic E-state index is 0. The van der Waals surface area contributed by atoms with Gasteiger partial charge in [-0.25, -0.2) is 0 Å². The van der Waals surface area contributed by atoms with Crippen LogP contribution < -0.4 is 27.4 Å². The van der Waals surface area contributed by atoms with E-state index in [1.54, 1.807) is 48.7 Å². The summed E-state index contributed by atoms with van der Waals surface area (Å²) in [7, 11) is 4.92. The maximum Gasteiger partial charge on any atom is 0.273 e. The van der Waals surface area contributed by atoms with Gasteiger partial charge in [0.1, 0.15) is 22.9 Å². The number of nitrogens with zero attached hydrogens (tertiary/aromatic N) is 5. The van der Waals surface area contributed by atoms with Crippen LogP contribution in [-0.2, 0) is 21.1 Å². The van der Waals surface area contributed by atoms with Gasteiger partial charge in [0, 0.05) is 52.6 Å². The Balaban J connectivity index is 0.00000432. The molecule has 0 aromatic carbocycles. The second-order valence-electron chi connectivity index (χ2n) is 7.54. The zero-order chi connectivity index (χ0) is 25.0. The van der Waals surface area contributed by atoms with Crippen LogP contribution in [0.15, 0.2) is 35.7 Å². The lowest BCUT2D eigenvalue weighted by atomic mass is 10.3. The predicted octanol–water partition coefficient (Wildman–Crippen LogP) is 0.472. The van der Waals surface area contributed by atoms with E-state index in [0.29, 0.717) is 17.1 Å². The first-order valence-corrected chi connectivity index (χ1v) is 10.1. The standard InChI is InChI=1S/C20H26N10O4.ClH/c1-28-9-11(21)6-13(28)19(32)24-12-7-14(29(2)10-12)20(33)25-17-8-15(30(3)26-17)18(31)23-5-4-16(22)27-34;/h6-10,34H,4-5,21H2,1-3H3,(H2,22,27)(H,23,31)(H,24,32)(H,25,26,33);1H. The molecule has 14 nitrogen and oxygen atoms in total. The molecule has 0 saturated heterocycles. The van der Waals surface area contributed by atoms with Crippen molar-refractivity contribution in [2.45, 2.75) is 6.42 Å². The van der Waals surface area contributed by atoms with Crippen molar-refractivity contribution in [2.75, 3.05) is 22.9 Å². The number of anilines is 3. The summed E-state index contributed by atoms with van der Waals surface area (Å²) in [6.07, 6.45) is 3.39. The average molecular weight is 507 g/mol. The van der Waals surface area contributed by atoms with Gasteiger partial charge in [0.2, 0.25) is 0 Å². The number of nitrogens with one attached hydrogen (secondary N) is 3. The van der Waals surface area contributed by atoms with Crippen LogP contribution in [0.2, 0.25) is 0 Å². The van der Waals surface area contributed by atoms with E-state index in [2.05, 4.69) is 26.2 Å². The Kier molecular flexibility index (Phi) is 8.50. The lowest BCUT2D eigenvalue weighted by Gasteiger charge is -2.03. The predicted molar refractivity (Wildman–Crippen MR) is 132 cm³/mol. The van der Waals surface area contributed by atoms with Crippen LogP contribution in [0, 0.1) is 0 Å². The van der Waals surface area contributed by atoms with E-state index < -0.39 is 11.8 Å². The van der Waals surface area contributed by atoms with Gasteiger partial charge < -0.3 is 41.8 Å². The van der Waals surface area contributed by atoms with Crippen molar-refractivity contribution in [3.63, 3.8) is 0 Å². The minimum Gasteiger partial charge on any atom is -0.409 e. The topological polar surface area (TPSA) is 200 Å². The number of nitrogen functional groups attached to an aromatic ring is 1. The summed E-state index contributed by atoms with van der Waals surface area (Å²) in [5.41, 5.74) is 12.8. The van der Waals surface area contributed by atoms with Crippen molar-refractivity contribution in [3.8, 4) is 0 Å². The molecule has 0 unspecified atom stereocenters. The number of amides is 3. The maximum atomic E-state index is 12.8. The Morgan fingerprint density at radius 3 is 2.23 bits per heavy atom. The summed E-state index contributed by atoms with van der Waals surface area (Å²) in [6, 6.07) is 4.49. The monoisotopic (exact) mass is 506 g/mol. The lowest BCUT2D eigenvalue weighted by molar-refractivity contribution is 0.0943. The molecule has 3 rings (SSSR count). The zero-order valence-electron chi connectivity index (χ0n) is 19.3. The SMILES string of the molecule is Cl.Cn1cc(N)cc1C(=O)Nc1cc(C(=O)Nc2cc(C(=O)NCCC(N)=NO)n(C)n2)n(C)c1. The third-order valence-corrected chi connectivity index (χ3v) is 4.90. The smallest absolute Gasteiger partial charge is 0.273 e. The second-order valence-corrected chi connectivity index (χ2v) is 7.54. The number of hydrogen-bond acceptors (Lipinski definition) is 7. The number of halogens is 1. The number of amidine groups is 1. The van der Waals surface area contributed by atoms with Gasteiger partial charge in [-0.1, -0.05) is 5.16 Å². The summed E-state index contributed by atoms with van der Waals surface area (Å²) in [4.78, 5) is 37.6. The molecule has 0 aliphatic carbocycles. The molecule has 3 amide bonds. The van der Waals surface area contributed by atoms with Gasteiger partial charge in [-0.3, -0.25) is 19.1 Å². The molecular formula is C20H27ClN10O4. The van der Waals surface area contributed by atoms with E-state index in [0.717, 1.165) is 0 Å². The van der Waals surface area contributed by atoms with E-state index in [4.69, 9.17) is 16.7 Å². The third-order valence-electron chi connectivity index (χ3n) is 4.90. The highest BCUT2D eigenvalue weighted by molar-refractivity contribution is 6.07. The van der Waals surface area contributed by atoms with Crippen LogP contribution >= 0.6 is 12.4 Å². The molecule has 188 valence electrons. The van der Waals surface area contributed by atoms with Crippen LogP contribution in [-0.4, -0.2) is 54.2 Å². The zero-order valence-corrected chi connectivity index (χ0v) is 20.1. The van der Waals surface area contributed by atoms with Crippen molar-refractivity contribution in [3.05, 3.63) is 47.7 Å². The van der Waals surface area contributed by atoms with Crippen molar-refractivity contribution >= 4 is 53.2 Å². The Morgan fingerprint density at radius 2 is 1.60 bits per heavy atom. The Bertz CT molecular complexity index is 1270. The number of nitrogens with two attached hydrogens (primary N) is 2. The van der Waals surface area contributed by atoms with Gasteiger partial charge in [0.05, 0.1) is 11.4 Å². The first-order valence-electron chi connectivity index (χ1n) is 10.1. The van der Waals surface area contributed by atoms with Crippen LogP contribution in [0.4, 0.5) is 17.2 Å². The number of hydrogen-bond donors (Lipinski definition) is 6. The number of oxime groups is 1. The fourth-order valence-electron chi connectivity index (χ4n) is 3.24. The van der Waals surface area contributed by atoms with Gasteiger partial charge in [0.25, 0.3) is 17.7 Å². The van der Waals surface area contributed by atoms with E-state index in [1.807, 2.05) is 0 Å². The fourth-order valence-corrected chi connectivity index (χ4v) is 3.24. The third kappa shape index (κ3) is 6.32. The summed E-state index contributed by atoms with van der Waals surface area (Å²) in [6.45, 7) is 0.162. The molecule has 3 heterocycles. The molecule has 0 atom stereocenters. The van der Waals surface area contributed by atoms with Crippen molar-refractivity contribution < 1.29 is 19.6 Å². The first-order chi connectivity index (χ1) is 16.1. The highest BCUT2D eigenvalue weighted by Crippen LogP contribution is 2.17. The molecule has 0 bridgehead atoms. The first kappa shape index (κ1) is 26.8. The van der Waals surface area contributed by atoms with Crippen LogP contribution in [0.5, 0.6) is 0 Å². The number of carbonyl (C=O) groups excluding carboxylic acids is 3. The van der Waals surface area contributed by atoms with Gasteiger partial charge >= 0.3 is 0 Å². The normalized spacial score (nSPS) is 11.0. The molecule has 3 aromatic heterocycles. The lowest BCUT2D eigenvalue weighted by Crippen LogP contribution is -2.29. The number of rotatable bonds is 8. The average Bonchev–Trinajstić information content (AvgIpc) is 3.43. The highest BCUT2D eigenvalue weighted by Gasteiger charge is 2.19. The second kappa shape index (κ2) is 11.1. The minimum atomic E-state index is -0.483. The Morgan fingerprint density at radius 1 is 0.971 bits per heavy atom. The van der Waals surface area contributed by atoms with Crippen molar-refractivity contribution in [2.24, 2.45) is 32.0 Å². The van der Waals surface area contributed by atoms with Crippen LogP contribution in [0.25, 0.3) is 0 Å². The largest absolute Gasteiger partial charge is 0.409 e. The maximum absolute atomic E-state index is 12.8. The fraction of sp³-hybridized carbons (Fsp3) is 0.250. The molecule has 8 N–H and O–H groups in total. The molecule has 0 aliphatic heterocycles. The van der Waals surface area contributed by atoms with E-state index in [1.165, 1.54) is 16.8 Å². The number of aryl methyl sites for hydroxylation is 3. The number of carbonyl (C=O) groups is 3. The van der Waals surface area contributed by atoms with Crippen LogP contribution in [0.3, 0.4) is 0 Å². The Hall–Kier alpha value is -4.46. The van der Waals surface area contributed by atoms with Gasteiger partial charge in [-0.15, -0.1) is 12.4 Å². The van der Waals surface area contributed by atoms with E-state index >= 15 is 0 Å². The summed E-state index contributed by atoms with van der Waals surface area (Å²) >= 11 is 0. The molecule has 3 aromatic rings. The molecule has 35 heavy (non-hydrogen) atoms. The van der Waals surface area contributed by atoms with Gasteiger partial charge in [-0.05, 0) is 12.1 Å². The summed E-state index contributed by atoms with van der Waals surface area (Å²) in [5, 5.41) is 23.5. The Labute approximate surface area is 206 Å². The van der Waals surface area contributed by atoms with Crippen LogP contribution in [0.1, 0.15) is 37.9 Å². The molecule has 0 saturated carbocycles. The van der Waals surface area contributed by atoms with E-state index in [9.17, 15) is 14.4 Å². The van der Waals surface area contributed by atoms with Gasteiger partial charge in [-0.2, -0.15) is 5.10 Å². The van der Waals surface area contributed by atoms with Crippen molar-refractivity contribution in [1.29, 1.82) is 0 Å². The van der Waals surface area contributed by atoms with Gasteiger partial charge in [0.15, 0.2) is 5.82 Å². The summed E-state index contributed by atoms with van der Waals surface area (Å²) < 4.78 is 4.47. The van der Waals surface area contributed by atoms with Crippen molar-refractivity contribution in [1.82, 2.24) is 24.2 Å². The van der Waals surface area contributed by atoms with E-state index in [-0.39, 0.29) is 54.3 Å². The number of aromatic nitrogens is 4. The molecule has 15 heteroatoms. The summed E-state index contributed by atoms with van der Waals surface area (Å²) in [5.74, 6) is -1.14. The molecular weight excluding hydrogens is 480 g/mol. The molecule has 0 radical (unpaired) electrons. The molecule has 0 aliphatic rings. The highest BCUT2D eigenvalue weighted by atomic mass is 35.5. The molecule has 0 fully saturated rings.